The zero-order valence-electron chi connectivity index (χ0n) is 16.1. The van der Waals surface area contributed by atoms with Crippen LogP contribution in [0.1, 0.15) is 16.7 Å². The number of benzene rings is 3. The van der Waals surface area contributed by atoms with Crippen LogP contribution in [0.15, 0.2) is 84.6 Å². The highest BCUT2D eigenvalue weighted by molar-refractivity contribution is 5.90. The Labute approximate surface area is 169 Å². The van der Waals surface area contributed by atoms with Crippen LogP contribution in [-0.2, 0) is 22.7 Å². The number of aliphatic hydroxyl groups excluding tert-OH is 1. The normalized spacial score (nSPS) is 11.0. The van der Waals surface area contributed by atoms with Crippen molar-refractivity contribution >= 4 is 12.0 Å². The summed E-state index contributed by atoms with van der Waals surface area (Å²) < 4.78 is 16.4. The largest absolute Gasteiger partial charge is 0.502 e. The number of carbonyl (C=O) groups is 1. The zero-order chi connectivity index (χ0) is 20.5. The van der Waals surface area contributed by atoms with Gasteiger partial charge in [0.05, 0.1) is 7.11 Å². The first-order valence-corrected chi connectivity index (χ1v) is 9.12. The number of rotatable bonds is 8. The van der Waals surface area contributed by atoms with E-state index in [1.54, 1.807) is 18.2 Å². The van der Waals surface area contributed by atoms with E-state index in [4.69, 9.17) is 9.47 Å². The summed E-state index contributed by atoms with van der Waals surface area (Å²) in [4.78, 5) is 11.4. The fraction of sp³-hybridized carbons (Fsp3) is 0.125. The van der Waals surface area contributed by atoms with E-state index in [1.807, 2.05) is 60.7 Å². The van der Waals surface area contributed by atoms with Gasteiger partial charge in [-0.15, -0.1) is 0 Å². The fourth-order valence-electron chi connectivity index (χ4n) is 2.64. The van der Waals surface area contributed by atoms with Crippen molar-refractivity contribution in [3.05, 3.63) is 101 Å². The highest BCUT2D eigenvalue weighted by Crippen LogP contribution is 2.31. The summed E-state index contributed by atoms with van der Waals surface area (Å²) >= 11 is 0. The zero-order valence-corrected chi connectivity index (χ0v) is 16.1. The summed E-state index contributed by atoms with van der Waals surface area (Å²) in [7, 11) is 1.21. The third-order valence-corrected chi connectivity index (χ3v) is 4.14. The SMILES string of the molecule is COC(=O)/C(O)=C/c1ccc(OCc2ccccc2)c(OCc2ccccc2)c1. The van der Waals surface area contributed by atoms with Crippen LogP contribution in [0.25, 0.3) is 6.08 Å². The van der Waals surface area contributed by atoms with Crippen LogP contribution in [0.2, 0.25) is 0 Å². The van der Waals surface area contributed by atoms with Crippen molar-refractivity contribution in [2.45, 2.75) is 13.2 Å². The molecule has 0 radical (unpaired) electrons. The number of methoxy groups -OCH3 is 1. The van der Waals surface area contributed by atoms with Crippen molar-refractivity contribution in [3.63, 3.8) is 0 Å². The van der Waals surface area contributed by atoms with Crippen LogP contribution in [0.3, 0.4) is 0 Å². The van der Waals surface area contributed by atoms with Gasteiger partial charge in [-0.05, 0) is 34.9 Å². The van der Waals surface area contributed by atoms with Crippen molar-refractivity contribution in [1.82, 2.24) is 0 Å². The standard InChI is InChI=1S/C24H22O5/c1-27-24(26)21(25)14-20-12-13-22(28-16-18-8-4-2-5-9-18)23(15-20)29-17-19-10-6-3-7-11-19/h2-15,25H,16-17H2,1H3/b21-14-. The number of hydrogen-bond acceptors (Lipinski definition) is 5. The summed E-state index contributed by atoms with van der Waals surface area (Å²) in [6.07, 6.45) is 1.32. The van der Waals surface area contributed by atoms with E-state index in [-0.39, 0.29) is 0 Å². The highest BCUT2D eigenvalue weighted by Gasteiger charge is 2.11. The minimum absolute atomic E-state index is 0.360. The van der Waals surface area contributed by atoms with Gasteiger partial charge in [0, 0.05) is 0 Å². The predicted octanol–water partition coefficient (Wildman–Crippen LogP) is 4.92. The van der Waals surface area contributed by atoms with Crippen molar-refractivity contribution in [2.75, 3.05) is 7.11 Å². The Kier molecular flexibility index (Phi) is 6.90. The average Bonchev–Trinajstić information content (AvgIpc) is 2.77. The van der Waals surface area contributed by atoms with E-state index in [2.05, 4.69) is 4.74 Å². The summed E-state index contributed by atoms with van der Waals surface area (Å²) in [6.45, 7) is 0.754. The molecule has 0 aromatic heterocycles. The second kappa shape index (κ2) is 9.99. The van der Waals surface area contributed by atoms with Crippen LogP contribution in [-0.4, -0.2) is 18.2 Å². The van der Waals surface area contributed by atoms with Gasteiger partial charge < -0.3 is 19.3 Å². The van der Waals surface area contributed by atoms with Crippen LogP contribution in [0.4, 0.5) is 0 Å². The predicted molar refractivity (Wildman–Crippen MR) is 111 cm³/mol. The monoisotopic (exact) mass is 390 g/mol. The lowest BCUT2D eigenvalue weighted by molar-refractivity contribution is -0.138. The topological polar surface area (TPSA) is 65.0 Å². The van der Waals surface area contributed by atoms with Crippen molar-refractivity contribution in [3.8, 4) is 11.5 Å². The van der Waals surface area contributed by atoms with Crippen LogP contribution >= 0.6 is 0 Å². The molecule has 5 heteroatoms. The van der Waals surface area contributed by atoms with Crippen LogP contribution in [0, 0.1) is 0 Å². The van der Waals surface area contributed by atoms with Gasteiger partial charge in [0.15, 0.2) is 11.5 Å². The maximum atomic E-state index is 11.4. The lowest BCUT2D eigenvalue weighted by Crippen LogP contribution is -2.04. The molecule has 0 atom stereocenters. The van der Waals surface area contributed by atoms with Crippen LogP contribution < -0.4 is 9.47 Å². The third kappa shape index (κ3) is 5.87. The Hall–Kier alpha value is -3.73. The molecular weight excluding hydrogens is 368 g/mol. The Morgan fingerprint density at radius 3 is 1.93 bits per heavy atom. The average molecular weight is 390 g/mol. The Balaban J connectivity index is 1.82. The van der Waals surface area contributed by atoms with Gasteiger partial charge in [-0.1, -0.05) is 66.7 Å². The summed E-state index contributed by atoms with van der Waals surface area (Å²) in [6, 6.07) is 24.8. The Morgan fingerprint density at radius 1 is 0.828 bits per heavy atom. The molecule has 0 fully saturated rings. The molecule has 3 aromatic rings. The molecular formula is C24H22O5. The second-order valence-electron chi connectivity index (χ2n) is 6.28. The van der Waals surface area contributed by atoms with E-state index >= 15 is 0 Å². The summed E-state index contributed by atoms with van der Waals surface area (Å²) in [5.74, 6) is -0.212. The molecule has 148 valence electrons. The molecule has 3 rings (SSSR count). The molecule has 0 bridgehead atoms. The molecule has 3 aromatic carbocycles. The smallest absolute Gasteiger partial charge is 0.373 e. The number of esters is 1. The van der Waals surface area contributed by atoms with Gasteiger partial charge in [-0.3, -0.25) is 0 Å². The molecule has 0 saturated carbocycles. The Bertz CT molecular complexity index is 965. The molecule has 5 nitrogen and oxygen atoms in total. The Morgan fingerprint density at radius 2 is 1.38 bits per heavy atom. The van der Waals surface area contributed by atoms with Gasteiger partial charge >= 0.3 is 5.97 Å². The number of hydrogen-bond donors (Lipinski definition) is 1. The van der Waals surface area contributed by atoms with E-state index in [0.29, 0.717) is 30.3 Å². The third-order valence-electron chi connectivity index (χ3n) is 4.14. The minimum atomic E-state index is -0.804. The first-order valence-electron chi connectivity index (χ1n) is 9.12. The van der Waals surface area contributed by atoms with E-state index < -0.39 is 11.7 Å². The molecule has 0 amide bonds. The molecule has 0 aliphatic rings. The van der Waals surface area contributed by atoms with Gasteiger partial charge in [0.2, 0.25) is 5.76 Å². The van der Waals surface area contributed by atoms with Gasteiger partial charge in [-0.2, -0.15) is 0 Å². The fourth-order valence-corrected chi connectivity index (χ4v) is 2.64. The summed E-state index contributed by atoms with van der Waals surface area (Å²) in [5.41, 5.74) is 2.64. The lowest BCUT2D eigenvalue weighted by atomic mass is 10.1. The van der Waals surface area contributed by atoms with Crippen molar-refractivity contribution in [1.29, 1.82) is 0 Å². The molecule has 29 heavy (non-hydrogen) atoms. The number of ether oxygens (including phenoxy) is 3. The van der Waals surface area contributed by atoms with E-state index in [1.165, 1.54) is 13.2 Å². The minimum Gasteiger partial charge on any atom is -0.502 e. The molecule has 1 N–H and O–H groups in total. The summed E-state index contributed by atoms with van der Waals surface area (Å²) in [5, 5.41) is 9.81. The van der Waals surface area contributed by atoms with Crippen molar-refractivity contribution in [2.24, 2.45) is 0 Å². The van der Waals surface area contributed by atoms with Gasteiger partial charge in [-0.25, -0.2) is 4.79 Å². The maximum Gasteiger partial charge on any atom is 0.373 e. The van der Waals surface area contributed by atoms with Gasteiger partial charge in [0.25, 0.3) is 0 Å². The number of carbonyl (C=O) groups excluding carboxylic acids is 1. The quantitative estimate of drug-likeness (QED) is 0.336. The molecule has 0 heterocycles. The van der Waals surface area contributed by atoms with Crippen molar-refractivity contribution < 1.29 is 24.1 Å². The molecule has 0 aliphatic heterocycles. The van der Waals surface area contributed by atoms with Gasteiger partial charge in [0.1, 0.15) is 13.2 Å². The van der Waals surface area contributed by atoms with E-state index in [9.17, 15) is 9.90 Å². The first kappa shape index (κ1) is 20.0. The molecule has 0 aliphatic carbocycles. The van der Waals surface area contributed by atoms with Crippen LogP contribution in [0.5, 0.6) is 11.5 Å². The maximum absolute atomic E-state index is 11.4. The molecule has 0 unspecified atom stereocenters. The lowest BCUT2D eigenvalue weighted by Gasteiger charge is -2.14. The molecule has 0 spiro atoms. The van der Waals surface area contributed by atoms with E-state index in [0.717, 1.165) is 11.1 Å². The highest BCUT2D eigenvalue weighted by atomic mass is 16.5. The second-order valence-corrected chi connectivity index (χ2v) is 6.28. The number of aliphatic hydroxyl groups is 1. The molecule has 0 saturated heterocycles. The first-order chi connectivity index (χ1) is 14.2.